The van der Waals surface area contributed by atoms with Gasteiger partial charge in [0.05, 0.1) is 5.69 Å². The Morgan fingerprint density at radius 3 is 2.95 bits per heavy atom. The molecule has 1 atom stereocenters. The minimum atomic E-state index is -0.466. The van der Waals surface area contributed by atoms with Crippen molar-refractivity contribution in [2.45, 2.75) is 32.7 Å². The third kappa shape index (κ3) is 2.51. The largest absolute Gasteiger partial charge is 0.459 e. The van der Waals surface area contributed by atoms with Gasteiger partial charge in [-0.2, -0.15) is 0 Å². The number of likely N-dealkylation sites (tertiary alicyclic amines) is 1. The van der Waals surface area contributed by atoms with Crippen molar-refractivity contribution in [1.29, 1.82) is 0 Å². The molecule has 0 saturated carbocycles. The van der Waals surface area contributed by atoms with Crippen molar-refractivity contribution in [3.63, 3.8) is 0 Å². The highest BCUT2D eigenvalue weighted by Crippen LogP contribution is 2.27. The summed E-state index contributed by atoms with van der Waals surface area (Å²) in [5.41, 5.74) is 1.31. The number of hydrogen-bond acceptors (Lipinski definition) is 3. The number of carbonyl (C=O) groups is 2. The highest BCUT2D eigenvalue weighted by molar-refractivity contribution is 6.02. The fourth-order valence-corrected chi connectivity index (χ4v) is 2.75. The second-order valence-electron chi connectivity index (χ2n) is 5.44. The second-order valence-corrected chi connectivity index (χ2v) is 5.44. The van der Waals surface area contributed by atoms with Crippen molar-refractivity contribution in [2.24, 2.45) is 0 Å². The lowest BCUT2D eigenvalue weighted by Crippen LogP contribution is -2.42. The molecule has 2 amide bonds. The molecular formula is C16H18N2O3. The molecule has 5 nitrogen and oxygen atoms in total. The summed E-state index contributed by atoms with van der Waals surface area (Å²) >= 11 is 0. The van der Waals surface area contributed by atoms with Crippen LogP contribution in [0.2, 0.25) is 0 Å². The van der Waals surface area contributed by atoms with Gasteiger partial charge in [-0.25, -0.2) is 0 Å². The van der Waals surface area contributed by atoms with Crippen LogP contribution in [0.5, 0.6) is 0 Å². The van der Waals surface area contributed by atoms with Gasteiger partial charge in [0.1, 0.15) is 11.8 Å². The summed E-state index contributed by atoms with van der Waals surface area (Å²) in [6, 6.07) is 7.08. The highest BCUT2D eigenvalue weighted by Gasteiger charge is 2.29. The van der Waals surface area contributed by atoms with Crippen LogP contribution < -0.4 is 5.32 Å². The van der Waals surface area contributed by atoms with E-state index in [2.05, 4.69) is 5.32 Å². The van der Waals surface area contributed by atoms with E-state index in [1.165, 1.54) is 0 Å². The van der Waals surface area contributed by atoms with Crippen LogP contribution in [0.3, 0.4) is 0 Å². The molecule has 1 saturated heterocycles. The molecule has 110 valence electrons. The number of nitrogens with one attached hydrogen (secondary N) is 1. The maximum Gasteiger partial charge on any atom is 0.246 e. The molecule has 0 unspecified atom stereocenters. The number of rotatable bonds is 3. The van der Waals surface area contributed by atoms with E-state index in [0.717, 1.165) is 17.6 Å². The Morgan fingerprint density at radius 1 is 1.43 bits per heavy atom. The van der Waals surface area contributed by atoms with Crippen LogP contribution in [0.15, 0.2) is 28.7 Å². The van der Waals surface area contributed by atoms with E-state index in [1.54, 1.807) is 11.8 Å². The van der Waals surface area contributed by atoms with Gasteiger partial charge < -0.3 is 14.6 Å². The summed E-state index contributed by atoms with van der Waals surface area (Å²) in [7, 11) is 0. The van der Waals surface area contributed by atoms with Gasteiger partial charge in [0.2, 0.25) is 11.8 Å². The van der Waals surface area contributed by atoms with Gasteiger partial charge in [-0.1, -0.05) is 12.1 Å². The maximum absolute atomic E-state index is 12.3. The van der Waals surface area contributed by atoms with Crippen molar-refractivity contribution in [3.8, 4) is 0 Å². The number of furan rings is 1. The average Bonchev–Trinajstić information content (AvgIpc) is 3.03. The zero-order valence-electron chi connectivity index (χ0n) is 12.2. The first-order valence-corrected chi connectivity index (χ1v) is 7.16. The van der Waals surface area contributed by atoms with E-state index >= 15 is 0 Å². The molecule has 0 radical (unpaired) electrons. The lowest BCUT2D eigenvalue weighted by Gasteiger charge is -2.23. The minimum Gasteiger partial charge on any atom is -0.459 e. The Hall–Kier alpha value is -2.30. The summed E-state index contributed by atoms with van der Waals surface area (Å²) in [5, 5.41) is 3.82. The van der Waals surface area contributed by atoms with Gasteiger partial charge in [-0.05, 0) is 32.4 Å². The Bertz CT molecular complexity index is 705. The van der Waals surface area contributed by atoms with Crippen molar-refractivity contribution in [2.75, 3.05) is 11.9 Å². The van der Waals surface area contributed by atoms with E-state index in [9.17, 15) is 9.59 Å². The van der Waals surface area contributed by atoms with Crippen LogP contribution in [0, 0.1) is 6.92 Å². The molecule has 5 heteroatoms. The number of hydrogen-bond donors (Lipinski definition) is 1. The number of benzene rings is 1. The summed E-state index contributed by atoms with van der Waals surface area (Å²) in [4.78, 5) is 25.7. The second kappa shape index (κ2) is 5.24. The SMILES string of the molecule is Cc1cc2cccc(NC(=O)[C@@H](C)N3CCCC3=O)c2o1. The first-order chi connectivity index (χ1) is 10.1. The van der Waals surface area contributed by atoms with E-state index < -0.39 is 6.04 Å². The first-order valence-electron chi connectivity index (χ1n) is 7.16. The van der Waals surface area contributed by atoms with Crippen LogP contribution in [-0.2, 0) is 9.59 Å². The normalized spacial score (nSPS) is 16.5. The number of aryl methyl sites for hydroxylation is 1. The van der Waals surface area contributed by atoms with Gasteiger partial charge in [0.15, 0.2) is 5.58 Å². The Kier molecular flexibility index (Phi) is 3.41. The first kappa shape index (κ1) is 13.7. The third-order valence-corrected chi connectivity index (χ3v) is 3.88. The van der Waals surface area contributed by atoms with Crippen LogP contribution in [-0.4, -0.2) is 29.3 Å². The Balaban J connectivity index is 1.81. The zero-order chi connectivity index (χ0) is 15.0. The van der Waals surface area contributed by atoms with Crippen LogP contribution in [0.4, 0.5) is 5.69 Å². The molecule has 2 aromatic rings. The number of carbonyl (C=O) groups excluding carboxylic acids is 2. The standard InChI is InChI=1S/C16H18N2O3/c1-10-9-12-5-3-6-13(15(12)21-10)17-16(20)11(2)18-8-4-7-14(18)19/h3,5-6,9,11H,4,7-8H2,1-2H3,(H,17,20)/t11-/m1/s1. The number of anilines is 1. The quantitative estimate of drug-likeness (QED) is 0.943. The molecule has 1 N–H and O–H groups in total. The third-order valence-electron chi connectivity index (χ3n) is 3.88. The van der Waals surface area contributed by atoms with Crippen molar-refractivity contribution in [1.82, 2.24) is 4.90 Å². The molecule has 0 aliphatic carbocycles. The summed E-state index contributed by atoms with van der Waals surface area (Å²) in [6.07, 6.45) is 1.36. The van der Waals surface area contributed by atoms with Crippen molar-refractivity contribution >= 4 is 28.5 Å². The van der Waals surface area contributed by atoms with Gasteiger partial charge in [-0.15, -0.1) is 0 Å². The fraction of sp³-hybridized carbons (Fsp3) is 0.375. The van der Waals surface area contributed by atoms with Gasteiger partial charge in [0.25, 0.3) is 0 Å². The number of amides is 2. The predicted octanol–water partition coefficient (Wildman–Crippen LogP) is 2.69. The highest BCUT2D eigenvalue weighted by atomic mass is 16.3. The smallest absolute Gasteiger partial charge is 0.246 e. The molecule has 1 fully saturated rings. The molecule has 3 rings (SSSR count). The molecular weight excluding hydrogens is 268 g/mol. The predicted molar refractivity (Wildman–Crippen MR) is 80.0 cm³/mol. The number of fused-ring (bicyclic) bond motifs is 1. The van der Waals surface area contributed by atoms with Crippen molar-refractivity contribution in [3.05, 3.63) is 30.0 Å². The number of nitrogens with zero attached hydrogens (tertiary/aromatic N) is 1. The van der Waals surface area contributed by atoms with E-state index in [0.29, 0.717) is 24.2 Å². The number of para-hydroxylation sites is 1. The maximum atomic E-state index is 12.3. The molecule has 0 spiro atoms. The summed E-state index contributed by atoms with van der Waals surface area (Å²) in [6.45, 7) is 4.28. The molecule has 1 aliphatic rings. The zero-order valence-corrected chi connectivity index (χ0v) is 12.2. The molecule has 1 aliphatic heterocycles. The van der Waals surface area contributed by atoms with Crippen LogP contribution >= 0.6 is 0 Å². The van der Waals surface area contributed by atoms with Gasteiger partial charge in [-0.3, -0.25) is 9.59 Å². The molecule has 1 aromatic carbocycles. The lowest BCUT2D eigenvalue weighted by molar-refractivity contribution is -0.134. The fourth-order valence-electron chi connectivity index (χ4n) is 2.75. The minimum absolute atomic E-state index is 0.0460. The molecule has 1 aromatic heterocycles. The monoisotopic (exact) mass is 286 g/mol. The molecule has 0 bridgehead atoms. The van der Waals surface area contributed by atoms with E-state index in [4.69, 9.17) is 4.42 Å². The molecule has 2 heterocycles. The lowest BCUT2D eigenvalue weighted by atomic mass is 10.2. The Labute approximate surface area is 122 Å². The van der Waals surface area contributed by atoms with Crippen molar-refractivity contribution < 1.29 is 14.0 Å². The van der Waals surface area contributed by atoms with Gasteiger partial charge >= 0.3 is 0 Å². The summed E-state index contributed by atoms with van der Waals surface area (Å²) < 4.78 is 5.63. The van der Waals surface area contributed by atoms with Crippen LogP contribution in [0.25, 0.3) is 11.0 Å². The van der Waals surface area contributed by atoms with E-state index in [1.807, 2.05) is 31.2 Å². The Morgan fingerprint density at radius 2 is 2.24 bits per heavy atom. The van der Waals surface area contributed by atoms with E-state index in [-0.39, 0.29) is 11.8 Å². The molecule has 21 heavy (non-hydrogen) atoms. The summed E-state index contributed by atoms with van der Waals surface area (Å²) in [5.74, 6) is 0.658. The van der Waals surface area contributed by atoms with Gasteiger partial charge in [0, 0.05) is 18.4 Å². The topological polar surface area (TPSA) is 62.6 Å². The average molecular weight is 286 g/mol. The van der Waals surface area contributed by atoms with Crippen LogP contribution in [0.1, 0.15) is 25.5 Å².